The van der Waals surface area contributed by atoms with Gasteiger partial charge in [0.1, 0.15) is 0 Å². The second-order valence-corrected chi connectivity index (χ2v) is 2.98. The first-order chi connectivity index (χ1) is 6.15. The fourth-order valence-corrected chi connectivity index (χ4v) is 1.25. The predicted molar refractivity (Wildman–Crippen MR) is 46.8 cm³/mol. The molecular formula is C7H14N4O2. The van der Waals surface area contributed by atoms with Crippen molar-refractivity contribution in [2.45, 2.75) is 12.5 Å². The van der Waals surface area contributed by atoms with Crippen LogP contribution in [0.4, 0.5) is 4.79 Å². The highest BCUT2D eigenvalue weighted by Crippen LogP contribution is 2.15. The fraction of sp³-hybridized carbons (Fsp3) is 0.714. The highest BCUT2D eigenvalue weighted by atomic mass is 16.2. The zero-order chi connectivity index (χ0) is 9.84. The third-order valence-electron chi connectivity index (χ3n) is 2.15. The lowest BCUT2D eigenvalue weighted by atomic mass is 10.0. The molecule has 0 bridgehead atoms. The molecule has 1 aliphatic heterocycles. The largest absolute Gasteiger partial charge is 0.353 e. The van der Waals surface area contributed by atoms with Gasteiger partial charge in [-0.1, -0.05) is 0 Å². The van der Waals surface area contributed by atoms with E-state index in [-0.39, 0.29) is 18.5 Å². The van der Waals surface area contributed by atoms with Gasteiger partial charge >= 0.3 is 6.03 Å². The zero-order valence-electron chi connectivity index (χ0n) is 7.32. The van der Waals surface area contributed by atoms with Crippen LogP contribution in [0.15, 0.2) is 0 Å². The van der Waals surface area contributed by atoms with E-state index >= 15 is 0 Å². The zero-order valence-corrected chi connectivity index (χ0v) is 7.32. The van der Waals surface area contributed by atoms with Crippen molar-refractivity contribution in [3.8, 4) is 0 Å². The van der Waals surface area contributed by atoms with E-state index in [9.17, 15) is 9.59 Å². The summed E-state index contributed by atoms with van der Waals surface area (Å²) in [5, 5.41) is 2.61. The second kappa shape index (κ2) is 4.08. The number of amides is 3. The van der Waals surface area contributed by atoms with Gasteiger partial charge in [-0.3, -0.25) is 4.79 Å². The summed E-state index contributed by atoms with van der Waals surface area (Å²) < 4.78 is 0. The third-order valence-corrected chi connectivity index (χ3v) is 2.15. The number of likely N-dealkylation sites (tertiary alicyclic amines) is 1. The summed E-state index contributed by atoms with van der Waals surface area (Å²) in [6.45, 7) is 1.10. The molecule has 3 amide bonds. The molecule has 0 aromatic heterocycles. The van der Waals surface area contributed by atoms with E-state index in [1.165, 1.54) is 4.90 Å². The average Bonchev–Trinajstić information content (AvgIpc) is 2.01. The van der Waals surface area contributed by atoms with Gasteiger partial charge in [-0.05, 0) is 6.42 Å². The van der Waals surface area contributed by atoms with E-state index in [4.69, 9.17) is 11.5 Å². The van der Waals surface area contributed by atoms with Crippen LogP contribution in [0.3, 0.4) is 0 Å². The molecule has 0 aliphatic carbocycles. The monoisotopic (exact) mass is 186 g/mol. The van der Waals surface area contributed by atoms with Gasteiger partial charge in [0, 0.05) is 13.1 Å². The van der Waals surface area contributed by atoms with Gasteiger partial charge in [-0.2, -0.15) is 0 Å². The van der Waals surface area contributed by atoms with Gasteiger partial charge in [0.25, 0.3) is 0 Å². The number of nitrogens with two attached hydrogens (primary N) is 2. The lowest BCUT2D eigenvalue weighted by molar-refractivity contribution is -0.120. The minimum absolute atomic E-state index is 0.0245. The standard InChI is InChI=1S/C7H14N4O2/c8-3-6(12)10-4-5-1-2-11(5)7(9)13/h5H,1-4,8H2,(H2,9,13)(H,10,12). The molecule has 1 heterocycles. The Morgan fingerprint density at radius 1 is 1.54 bits per heavy atom. The molecule has 1 unspecified atom stereocenters. The number of carbonyl (C=O) groups is 2. The molecule has 13 heavy (non-hydrogen) atoms. The van der Waals surface area contributed by atoms with Crippen molar-refractivity contribution in [2.75, 3.05) is 19.6 Å². The van der Waals surface area contributed by atoms with Crippen molar-refractivity contribution in [1.82, 2.24) is 10.2 Å². The van der Waals surface area contributed by atoms with Crippen LogP contribution < -0.4 is 16.8 Å². The molecule has 0 spiro atoms. The van der Waals surface area contributed by atoms with Crippen molar-refractivity contribution in [3.63, 3.8) is 0 Å². The maximum absolute atomic E-state index is 10.8. The number of urea groups is 1. The first-order valence-electron chi connectivity index (χ1n) is 4.18. The number of carbonyl (C=O) groups excluding carboxylic acids is 2. The fourth-order valence-electron chi connectivity index (χ4n) is 1.25. The van der Waals surface area contributed by atoms with Crippen LogP contribution in [0.25, 0.3) is 0 Å². The second-order valence-electron chi connectivity index (χ2n) is 2.98. The Kier molecular flexibility index (Phi) is 3.07. The van der Waals surface area contributed by atoms with E-state index < -0.39 is 6.03 Å². The summed E-state index contributed by atoms with van der Waals surface area (Å²) in [5.41, 5.74) is 10.2. The summed E-state index contributed by atoms with van der Waals surface area (Å²) >= 11 is 0. The van der Waals surface area contributed by atoms with Gasteiger partial charge in [0.2, 0.25) is 5.91 Å². The number of nitrogens with one attached hydrogen (secondary N) is 1. The molecule has 0 saturated carbocycles. The molecule has 1 aliphatic rings. The summed E-state index contributed by atoms with van der Waals surface area (Å²) in [5.74, 6) is -0.212. The van der Waals surface area contributed by atoms with Crippen LogP contribution in [-0.4, -0.2) is 42.5 Å². The van der Waals surface area contributed by atoms with Crippen LogP contribution in [0.5, 0.6) is 0 Å². The molecular weight excluding hydrogens is 172 g/mol. The number of hydrogen-bond acceptors (Lipinski definition) is 3. The number of hydrogen-bond donors (Lipinski definition) is 3. The van der Waals surface area contributed by atoms with E-state index in [0.717, 1.165) is 6.42 Å². The van der Waals surface area contributed by atoms with Gasteiger partial charge in [-0.25, -0.2) is 4.79 Å². The summed E-state index contributed by atoms with van der Waals surface area (Å²) in [7, 11) is 0. The molecule has 0 radical (unpaired) electrons. The lowest BCUT2D eigenvalue weighted by Crippen LogP contribution is -2.57. The van der Waals surface area contributed by atoms with Crippen LogP contribution in [0.1, 0.15) is 6.42 Å². The predicted octanol–water partition coefficient (Wildman–Crippen LogP) is -1.79. The van der Waals surface area contributed by atoms with Crippen LogP contribution in [0.2, 0.25) is 0 Å². The van der Waals surface area contributed by atoms with Crippen LogP contribution >= 0.6 is 0 Å². The van der Waals surface area contributed by atoms with Crippen molar-refractivity contribution in [1.29, 1.82) is 0 Å². The van der Waals surface area contributed by atoms with Crippen molar-refractivity contribution < 1.29 is 9.59 Å². The summed E-state index contributed by atoms with van der Waals surface area (Å²) in [6, 6.07) is -0.383. The number of rotatable bonds is 3. The Bertz CT molecular complexity index is 219. The maximum atomic E-state index is 10.8. The maximum Gasteiger partial charge on any atom is 0.315 e. The van der Waals surface area contributed by atoms with Gasteiger partial charge < -0.3 is 21.7 Å². The molecule has 1 saturated heterocycles. The highest BCUT2D eigenvalue weighted by molar-refractivity contribution is 5.78. The van der Waals surface area contributed by atoms with Gasteiger partial charge in [0.15, 0.2) is 0 Å². The van der Waals surface area contributed by atoms with E-state index in [1.807, 2.05) is 0 Å². The molecule has 74 valence electrons. The van der Waals surface area contributed by atoms with E-state index in [1.54, 1.807) is 0 Å². The summed E-state index contributed by atoms with van der Waals surface area (Å²) in [4.78, 5) is 23.0. The molecule has 1 atom stereocenters. The minimum atomic E-state index is -0.432. The summed E-state index contributed by atoms with van der Waals surface area (Å²) in [6.07, 6.45) is 0.883. The Labute approximate surface area is 76.2 Å². The average molecular weight is 186 g/mol. The van der Waals surface area contributed by atoms with E-state index in [0.29, 0.717) is 13.1 Å². The first-order valence-corrected chi connectivity index (χ1v) is 4.18. The first kappa shape index (κ1) is 9.79. The van der Waals surface area contributed by atoms with Gasteiger partial charge in [-0.15, -0.1) is 0 Å². The van der Waals surface area contributed by atoms with E-state index in [2.05, 4.69) is 5.32 Å². The number of primary amides is 1. The smallest absolute Gasteiger partial charge is 0.315 e. The Balaban J connectivity index is 2.23. The minimum Gasteiger partial charge on any atom is -0.353 e. The van der Waals surface area contributed by atoms with Gasteiger partial charge in [0.05, 0.1) is 12.6 Å². The van der Waals surface area contributed by atoms with Crippen molar-refractivity contribution in [3.05, 3.63) is 0 Å². The van der Waals surface area contributed by atoms with Crippen molar-refractivity contribution >= 4 is 11.9 Å². The molecule has 1 fully saturated rings. The topological polar surface area (TPSA) is 101 Å². The molecule has 5 N–H and O–H groups in total. The molecule has 1 rings (SSSR count). The van der Waals surface area contributed by atoms with Crippen molar-refractivity contribution in [2.24, 2.45) is 11.5 Å². The number of nitrogens with zero attached hydrogens (tertiary/aromatic N) is 1. The Morgan fingerprint density at radius 3 is 2.62 bits per heavy atom. The SMILES string of the molecule is NCC(=O)NCC1CCN1C(N)=O. The van der Waals surface area contributed by atoms with Crippen LogP contribution in [-0.2, 0) is 4.79 Å². The molecule has 0 aromatic carbocycles. The lowest BCUT2D eigenvalue weighted by Gasteiger charge is -2.39. The Morgan fingerprint density at radius 2 is 2.23 bits per heavy atom. The quantitative estimate of drug-likeness (QED) is 0.485. The Hall–Kier alpha value is -1.30. The molecule has 0 aromatic rings. The molecule has 6 nitrogen and oxygen atoms in total. The molecule has 6 heteroatoms. The highest BCUT2D eigenvalue weighted by Gasteiger charge is 2.30. The van der Waals surface area contributed by atoms with Crippen LogP contribution in [0, 0.1) is 0 Å². The third kappa shape index (κ3) is 2.32. The normalized spacial score (nSPS) is 20.7.